The number of aliphatic hydroxyl groups excluding tert-OH is 2. The number of hydrogen-bond acceptors (Lipinski definition) is 3. The zero-order valence-corrected chi connectivity index (χ0v) is 23.1. The van der Waals surface area contributed by atoms with Gasteiger partial charge in [0.25, 0.3) is 0 Å². The average Bonchev–Trinajstić information content (AvgIpc) is 3.07. The molecule has 3 fully saturated rings. The van der Waals surface area contributed by atoms with Gasteiger partial charge in [-0.15, -0.1) is 0 Å². The van der Waals surface area contributed by atoms with Gasteiger partial charge in [0.05, 0.1) is 17.8 Å². The molecule has 0 amide bonds. The molecule has 0 aromatic heterocycles. The van der Waals surface area contributed by atoms with E-state index in [4.69, 9.17) is 4.74 Å². The Labute approximate surface area is 209 Å². The van der Waals surface area contributed by atoms with Crippen LogP contribution in [-0.4, -0.2) is 35.1 Å². The Morgan fingerprint density at radius 3 is 2.35 bits per heavy atom. The highest BCUT2D eigenvalue weighted by Crippen LogP contribution is 2.68. The first-order valence-corrected chi connectivity index (χ1v) is 14.3. The van der Waals surface area contributed by atoms with E-state index < -0.39 is 0 Å². The second kappa shape index (κ2) is 9.34. The summed E-state index contributed by atoms with van der Waals surface area (Å²) in [4.78, 5) is 0. The van der Waals surface area contributed by atoms with Gasteiger partial charge in [-0.25, -0.2) is 0 Å². The minimum Gasteiger partial charge on any atom is -0.389 e. The van der Waals surface area contributed by atoms with E-state index in [1.54, 1.807) is 0 Å². The third kappa shape index (κ3) is 3.70. The Balaban J connectivity index is 1.67. The van der Waals surface area contributed by atoms with Gasteiger partial charge in [-0.2, -0.15) is 0 Å². The van der Waals surface area contributed by atoms with Crippen LogP contribution < -0.4 is 0 Å². The van der Waals surface area contributed by atoms with E-state index in [0.717, 1.165) is 62.4 Å². The van der Waals surface area contributed by atoms with Crippen molar-refractivity contribution in [3.63, 3.8) is 0 Å². The Morgan fingerprint density at radius 1 is 1.03 bits per heavy atom. The quantitative estimate of drug-likeness (QED) is 0.389. The van der Waals surface area contributed by atoms with Crippen LogP contribution >= 0.6 is 0 Å². The van der Waals surface area contributed by atoms with Gasteiger partial charge in [-0.1, -0.05) is 61.0 Å². The van der Waals surface area contributed by atoms with E-state index in [1.165, 1.54) is 30.4 Å². The second-order valence-electron chi connectivity index (χ2n) is 13.3. The SMILES string of the molecule is C=C1[C@@H](O)CC[C@@]2(C)[C@H]1CCC1=C3[C@H](O)C[C@H]([C@H](C)CC[C@H](CC)C(C)C)[C@@]3(C)CC[C@@]12OC. The van der Waals surface area contributed by atoms with Crippen molar-refractivity contribution in [3.05, 3.63) is 23.3 Å². The summed E-state index contributed by atoms with van der Waals surface area (Å²) in [7, 11) is 1.89. The van der Waals surface area contributed by atoms with E-state index in [-0.39, 0.29) is 28.6 Å². The molecule has 194 valence electrons. The van der Waals surface area contributed by atoms with Crippen molar-refractivity contribution in [1.29, 1.82) is 0 Å². The van der Waals surface area contributed by atoms with Gasteiger partial charge in [0.1, 0.15) is 0 Å². The molecule has 0 radical (unpaired) electrons. The summed E-state index contributed by atoms with van der Waals surface area (Å²) in [5, 5.41) is 22.1. The van der Waals surface area contributed by atoms with Crippen molar-refractivity contribution in [1.82, 2.24) is 0 Å². The summed E-state index contributed by atoms with van der Waals surface area (Å²) in [5.41, 5.74) is 3.45. The molecule has 4 rings (SSSR count). The highest BCUT2D eigenvalue weighted by atomic mass is 16.5. The van der Waals surface area contributed by atoms with Crippen LogP contribution in [0.5, 0.6) is 0 Å². The van der Waals surface area contributed by atoms with Crippen molar-refractivity contribution in [2.24, 2.45) is 40.4 Å². The lowest BCUT2D eigenvalue weighted by Crippen LogP contribution is -2.61. The normalized spacial score (nSPS) is 44.0. The third-order valence-corrected chi connectivity index (χ3v) is 11.7. The predicted octanol–water partition coefficient (Wildman–Crippen LogP) is 7.07. The number of ether oxygens (including phenoxy) is 1. The molecule has 9 atom stereocenters. The number of aliphatic hydroxyl groups is 2. The zero-order chi connectivity index (χ0) is 25.1. The molecule has 0 unspecified atom stereocenters. The number of fused-ring (bicyclic) bond motifs is 4. The first-order chi connectivity index (χ1) is 16.0. The van der Waals surface area contributed by atoms with Crippen LogP contribution in [0.4, 0.5) is 0 Å². The van der Waals surface area contributed by atoms with Crippen LogP contribution in [0.1, 0.15) is 106 Å². The van der Waals surface area contributed by atoms with Gasteiger partial charge in [-0.3, -0.25) is 0 Å². The van der Waals surface area contributed by atoms with Crippen LogP contribution in [-0.2, 0) is 4.74 Å². The summed E-state index contributed by atoms with van der Waals surface area (Å²) in [6.07, 6.45) is 9.84. The number of rotatable bonds is 7. The van der Waals surface area contributed by atoms with Gasteiger partial charge in [0.2, 0.25) is 0 Å². The molecule has 3 heteroatoms. The van der Waals surface area contributed by atoms with Crippen LogP contribution in [0.3, 0.4) is 0 Å². The third-order valence-electron chi connectivity index (χ3n) is 11.7. The molecule has 0 aromatic carbocycles. The number of methoxy groups -OCH3 is 1. The molecule has 0 bridgehead atoms. The molecule has 0 saturated heterocycles. The maximum atomic E-state index is 11.6. The van der Waals surface area contributed by atoms with Crippen LogP contribution in [0.15, 0.2) is 23.3 Å². The largest absolute Gasteiger partial charge is 0.389 e. The lowest BCUT2D eigenvalue weighted by Gasteiger charge is -2.63. The molecule has 3 saturated carbocycles. The molecular formula is C31H52O3. The maximum Gasteiger partial charge on any atom is 0.0950 e. The molecule has 4 aliphatic rings. The first-order valence-electron chi connectivity index (χ1n) is 14.3. The monoisotopic (exact) mass is 472 g/mol. The fraction of sp³-hybridized carbons (Fsp3) is 0.871. The molecule has 34 heavy (non-hydrogen) atoms. The molecule has 0 aromatic rings. The fourth-order valence-electron chi connectivity index (χ4n) is 9.56. The van der Waals surface area contributed by atoms with Crippen molar-refractivity contribution in [3.8, 4) is 0 Å². The maximum absolute atomic E-state index is 11.6. The zero-order valence-electron chi connectivity index (χ0n) is 23.1. The summed E-state index contributed by atoms with van der Waals surface area (Å²) in [6.45, 7) is 18.7. The highest BCUT2D eigenvalue weighted by molar-refractivity contribution is 5.44. The topological polar surface area (TPSA) is 49.7 Å². The summed E-state index contributed by atoms with van der Waals surface area (Å²) < 4.78 is 6.56. The van der Waals surface area contributed by atoms with Crippen molar-refractivity contribution < 1.29 is 14.9 Å². The molecule has 0 spiro atoms. The molecule has 2 N–H and O–H groups in total. The minimum absolute atomic E-state index is 0.0605. The standard InChI is InChI=1S/C31H52O3/c1-9-22(19(2)3)11-10-20(4)25-18-27(33)28-24-13-12-23-21(5)26(32)14-15-30(23,7)31(24,34-8)17-16-29(25,28)6/h19-20,22-23,25-27,32-33H,5,9-18H2,1-4,6-8H3/t20-,22+,23+,25-,26+,27-,29-,30+,31-/m1/s1. The summed E-state index contributed by atoms with van der Waals surface area (Å²) in [5.74, 6) is 3.00. The van der Waals surface area contributed by atoms with Crippen molar-refractivity contribution in [2.75, 3.05) is 7.11 Å². The highest BCUT2D eigenvalue weighted by Gasteiger charge is 2.65. The minimum atomic E-state index is -0.380. The van der Waals surface area contributed by atoms with Crippen LogP contribution in [0, 0.1) is 40.4 Å². The van der Waals surface area contributed by atoms with Crippen molar-refractivity contribution >= 4 is 0 Å². The van der Waals surface area contributed by atoms with Gasteiger partial charge < -0.3 is 14.9 Å². The summed E-state index contributed by atoms with van der Waals surface area (Å²) >= 11 is 0. The van der Waals surface area contributed by atoms with E-state index in [1.807, 2.05) is 7.11 Å². The average molecular weight is 473 g/mol. The molecule has 0 aliphatic heterocycles. The van der Waals surface area contributed by atoms with E-state index in [0.29, 0.717) is 17.8 Å². The number of hydrogen-bond donors (Lipinski definition) is 2. The Kier molecular flexibility index (Phi) is 7.26. The summed E-state index contributed by atoms with van der Waals surface area (Å²) in [6, 6.07) is 0. The predicted molar refractivity (Wildman–Crippen MR) is 140 cm³/mol. The molecule has 4 aliphatic carbocycles. The second-order valence-corrected chi connectivity index (χ2v) is 13.3. The Hall–Kier alpha value is -0.640. The lowest BCUT2D eigenvalue weighted by atomic mass is 9.45. The van der Waals surface area contributed by atoms with E-state index in [2.05, 4.69) is 48.1 Å². The smallest absolute Gasteiger partial charge is 0.0950 e. The van der Waals surface area contributed by atoms with Crippen LogP contribution in [0.25, 0.3) is 0 Å². The van der Waals surface area contributed by atoms with Gasteiger partial charge in [0.15, 0.2) is 0 Å². The van der Waals surface area contributed by atoms with Crippen LogP contribution in [0.2, 0.25) is 0 Å². The molecule has 0 heterocycles. The molecule has 3 nitrogen and oxygen atoms in total. The first kappa shape index (κ1) is 26.4. The van der Waals surface area contributed by atoms with Gasteiger partial charge in [0, 0.05) is 12.5 Å². The van der Waals surface area contributed by atoms with E-state index in [9.17, 15) is 10.2 Å². The molecular weight excluding hydrogens is 420 g/mol. The van der Waals surface area contributed by atoms with Crippen molar-refractivity contribution in [2.45, 2.75) is 124 Å². The van der Waals surface area contributed by atoms with Gasteiger partial charge in [-0.05, 0) is 103 Å². The van der Waals surface area contributed by atoms with E-state index >= 15 is 0 Å². The Bertz CT molecular complexity index is 813. The fourth-order valence-corrected chi connectivity index (χ4v) is 9.56. The Morgan fingerprint density at radius 2 is 1.74 bits per heavy atom. The van der Waals surface area contributed by atoms with Gasteiger partial charge >= 0.3 is 0 Å². The lowest BCUT2D eigenvalue weighted by molar-refractivity contribution is -0.152.